The van der Waals surface area contributed by atoms with Gasteiger partial charge in [-0.25, -0.2) is 4.90 Å². The predicted octanol–water partition coefficient (Wildman–Crippen LogP) is 3.71. The number of halogens is 1. The smallest absolute Gasteiger partial charge is 0.257 e. The van der Waals surface area contributed by atoms with E-state index in [0.29, 0.717) is 24.4 Å². The fraction of sp³-hybridized carbons (Fsp3) is 0.348. The van der Waals surface area contributed by atoms with Crippen molar-refractivity contribution < 1.29 is 19.1 Å². The van der Waals surface area contributed by atoms with Gasteiger partial charge in [0.1, 0.15) is 6.04 Å². The minimum Gasteiger partial charge on any atom is -0.376 e. The molecule has 2 aromatic rings. The van der Waals surface area contributed by atoms with Crippen LogP contribution in [0.25, 0.3) is 0 Å². The molecule has 2 heterocycles. The summed E-state index contributed by atoms with van der Waals surface area (Å²) in [6.45, 7) is 2.82. The number of nitrogens with zero attached hydrogens (tertiary/aromatic N) is 2. The molecule has 0 N–H and O–H groups in total. The molecule has 2 atom stereocenters. The first-order valence-corrected chi connectivity index (χ1v) is 10.9. The first-order valence-electron chi connectivity index (χ1n) is 10.1. The molecular formula is C23H23BrN2O4. The molecule has 2 saturated heterocycles. The maximum atomic E-state index is 13.5. The van der Waals surface area contributed by atoms with Crippen LogP contribution in [0.1, 0.15) is 35.2 Å². The van der Waals surface area contributed by atoms with Crippen molar-refractivity contribution in [2.45, 2.75) is 38.3 Å². The zero-order valence-electron chi connectivity index (χ0n) is 16.7. The first-order chi connectivity index (χ1) is 14.5. The molecular weight excluding hydrogens is 448 g/mol. The van der Waals surface area contributed by atoms with E-state index < -0.39 is 6.04 Å². The van der Waals surface area contributed by atoms with Gasteiger partial charge in [0.25, 0.3) is 11.8 Å². The third kappa shape index (κ3) is 4.04. The highest BCUT2D eigenvalue weighted by molar-refractivity contribution is 9.10. The summed E-state index contributed by atoms with van der Waals surface area (Å²) in [5, 5.41) is 0. The zero-order valence-corrected chi connectivity index (χ0v) is 18.3. The van der Waals surface area contributed by atoms with E-state index in [0.717, 1.165) is 22.9 Å². The molecule has 7 heteroatoms. The molecule has 2 aromatic carbocycles. The number of imide groups is 1. The van der Waals surface area contributed by atoms with Gasteiger partial charge >= 0.3 is 0 Å². The Hall–Kier alpha value is -2.51. The van der Waals surface area contributed by atoms with Crippen molar-refractivity contribution in [3.8, 4) is 0 Å². The summed E-state index contributed by atoms with van der Waals surface area (Å²) in [6, 6.07) is 13.5. The lowest BCUT2D eigenvalue weighted by atomic mass is 10.0. The molecule has 0 aliphatic carbocycles. The normalized spacial score (nSPS) is 21.3. The topological polar surface area (TPSA) is 66.9 Å². The Labute approximate surface area is 183 Å². The molecule has 0 radical (unpaired) electrons. The van der Waals surface area contributed by atoms with Crippen molar-refractivity contribution in [3.63, 3.8) is 0 Å². The van der Waals surface area contributed by atoms with E-state index in [2.05, 4.69) is 15.9 Å². The van der Waals surface area contributed by atoms with Crippen LogP contribution in [-0.4, -0.2) is 47.9 Å². The van der Waals surface area contributed by atoms with Crippen LogP contribution in [0.4, 0.5) is 5.69 Å². The number of carbonyl (C=O) groups excluding carboxylic acids is 3. The van der Waals surface area contributed by atoms with Crippen LogP contribution in [0.5, 0.6) is 0 Å². The molecule has 0 saturated carbocycles. The maximum absolute atomic E-state index is 13.5. The van der Waals surface area contributed by atoms with E-state index in [-0.39, 0.29) is 30.2 Å². The molecule has 2 unspecified atom stereocenters. The summed E-state index contributed by atoms with van der Waals surface area (Å²) in [7, 11) is 0. The minimum absolute atomic E-state index is 0.0285. The molecule has 0 aromatic heterocycles. The zero-order chi connectivity index (χ0) is 21.3. The van der Waals surface area contributed by atoms with E-state index in [1.165, 1.54) is 9.80 Å². The fourth-order valence-corrected chi connectivity index (χ4v) is 4.31. The van der Waals surface area contributed by atoms with Crippen molar-refractivity contribution >= 4 is 39.3 Å². The summed E-state index contributed by atoms with van der Waals surface area (Å²) in [5.41, 5.74) is 1.88. The molecule has 3 amide bonds. The SMILES string of the molecule is Cc1ccccc1C(=O)N(CC1CCCO1)C1CC(=O)N(c2ccc(Br)cc2)C1=O. The summed E-state index contributed by atoms with van der Waals surface area (Å²) < 4.78 is 6.60. The van der Waals surface area contributed by atoms with Gasteiger partial charge in [-0.2, -0.15) is 0 Å². The predicted molar refractivity (Wildman–Crippen MR) is 116 cm³/mol. The van der Waals surface area contributed by atoms with Crippen LogP contribution in [0.15, 0.2) is 53.0 Å². The molecule has 4 rings (SSSR count). The number of aryl methyl sites for hydroxylation is 1. The lowest BCUT2D eigenvalue weighted by Gasteiger charge is -2.30. The number of carbonyl (C=O) groups is 3. The lowest BCUT2D eigenvalue weighted by molar-refractivity contribution is -0.122. The summed E-state index contributed by atoms with van der Waals surface area (Å²) in [5.74, 6) is -0.920. The molecule has 2 aliphatic rings. The van der Waals surface area contributed by atoms with Crippen molar-refractivity contribution in [2.75, 3.05) is 18.1 Å². The van der Waals surface area contributed by atoms with Gasteiger partial charge in [0, 0.05) is 23.2 Å². The summed E-state index contributed by atoms with van der Waals surface area (Å²) in [6.07, 6.45) is 1.62. The first kappa shape index (κ1) is 20.8. The average molecular weight is 471 g/mol. The van der Waals surface area contributed by atoms with Gasteiger partial charge < -0.3 is 9.64 Å². The van der Waals surface area contributed by atoms with Gasteiger partial charge in [0.05, 0.1) is 18.2 Å². The van der Waals surface area contributed by atoms with Crippen LogP contribution in [0.2, 0.25) is 0 Å². The van der Waals surface area contributed by atoms with Gasteiger partial charge in [-0.1, -0.05) is 34.1 Å². The number of benzene rings is 2. The van der Waals surface area contributed by atoms with Crippen LogP contribution in [0.3, 0.4) is 0 Å². The Kier molecular flexibility index (Phi) is 6.01. The standard InChI is InChI=1S/C23H23BrN2O4/c1-15-5-2-3-7-19(15)22(28)25(14-18-6-4-12-30-18)20-13-21(27)26(23(20)29)17-10-8-16(24)9-11-17/h2-3,5,7-11,18,20H,4,6,12-14H2,1H3. The second-order valence-electron chi connectivity index (χ2n) is 7.67. The van der Waals surface area contributed by atoms with Gasteiger partial charge in [-0.15, -0.1) is 0 Å². The minimum atomic E-state index is -0.836. The second kappa shape index (κ2) is 8.70. The van der Waals surface area contributed by atoms with Gasteiger partial charge in [0.2, 0.25) is 5.91 Å². The second-order valence-corrected chi connectivity index (χ2v) is 8.59. The maximum Gasteiger partial charge on any atom is 0.257 e. The summed E-state index contributed by atoms with van der Waals surface area (Å²) in [4.78, 5) is 42.3. The third-order valence-corrected chi connectivity index (χ3v) is 6.17. The van der Waals surface area contributed by atoms with E-state index >= 15 is 0 Å². The quantitative estimate of drug-likeness (QED) is 0.624. The van der Waals surface area contributed by atoms with Gasteiger partial charge in [-0.05, 0) is 55.7 Å². The summed E-state index contributed by atoms with van der Waals surface area (Å²) >= 11 is 3.36. The number of amides is 3. The van der Waals surface area contributed by atoms with Crippen molar-refractivity contribution in [1.82, 2.24) is 4.90 Å². The fourth-order valence-electron chi connectivity index (χ4n) is 4.05. The monoisotopic (exact) mass is 470 g/mol. The number of rotatable bonds is 5. The van der Waals surface area contributed by atoms with Crippen LogP contribution >= 0.6 is 15.9 Å². The Bertz CT molecular complexity index is 969. The number of anilines is 1. The number of hydrogen-bond acceptors (Lipinski definition) is 4. The van der Waals surface area contributed by atoms with Gasteiger partial charge in [-0.3, -0.25) is 14.4 Å². The number of hydrogen-bond donors (Lipinski definition) is 0. The highest BCUT2D eigenvalue weighted by Crippen LogP contribution is 2.29. The third-order valence-electron chi connectivity index (χ3n) is 5.64. The molecule has 2 aliphatic heterocycles. The molecule has 0 spiro atoms. The molecule has 2 fully saturated rings. The lowest BCUT2D eigenvalue weighted by Crippen LogP contribution is -2.48. The highest BCUT2D eigenvalue weighted by atomic mass is 79.9. The van der Waals surface area contributed by atoms with E-state index in [1.54, 1.807) is 36.4 Å². The van der Waals surface area contributed by atoms with E-state index in [1.807, 2.05) is 19.1 Å². The average Bonchev–Trinajstić information content (AvgIpc) is 3.35. The van der Waals surface area contributed by atoms with Crippen molar-refractivity contribution in [2.24, 2.45) is 0 Å². The molecule has 6 nitrogen and oxygen atoms in total. The van der Waals surface area contributed by atoms with Crippen LogP contribution < -0.4 is 4.90 Å². The highest BCUT2D eigenvalue weighted by Gasteiger charge is 2.45. The van der Waals surface area contributed by atoms with Crippen LogP contribution in [-0.2, 0) is 14.3 Å². The van der Waals surface area contributed by atoms with Crippen molar-refractivity contribution in [3.05, 3.63) is 64.1 Å². The van der Waals surface area contributed by atoms with Crippen LogP contribution in [0, 0.1) is 6.92 Å². The number of ether oxygens (including phenoxy) is 1. The molecule has 0 bridgehead atoms. The molecule has 30 heavy (non-hydrogen) atoms. The Morgan fingerprint density at radius 1 is 1.17 bits per heavy atom. The Morgan fingerprint density at radius 3 is 2.57 bits per heavy atom. The van der Waals surface area contributed by atoms with E-state index in [4.69, 9.17) is 4.74 Å². The largest absolute Gasteiger partial charge is 0.376 e. The molecule has 156 valence electrons. The van der Waals surface area contributed by atoms with E-state index in [9.17, 15) is 14.4 Å². The Balaban J connectivity index is 1.65. The Morgan fingerprint density at radius 2 is 1.90 bits per heavy atom. The van der Waals surface area contributed by atoms with Crippen molar-refractivity contribution in [1.29, 1.82) is 0 Å². The van der Waals surface area contributed by atoms with Gasteiger partial charge in [0.15, 0.2) is 0 Å².